The number of hydrogen-bond acceptors (Lipinski definition) is 6. The van der Waals surface area contributed by atoms with Gasteiger partial charge in [-0.1, -0.05) is 18.5 Å². The third-order valence-electron chi connectivity index (χ3n) is 2.51. The number of benzene rings is 1. The number of halogens is 1. The molecule has 2 aromatic rings. The summed E-state index contributed by atoms with van der Waals surface area (Å²) in [5.41, 5.74) is 1.21. The molecular formula is C12H13ClN4O2S. The quantitative estimate of drug-likeness (QED) is 0.629. The average molecular weight is 313 g/mol. The third kappa shape index (κ3) is 3.66. The van der Waals surface area contributed by atoms with Crippen molar-refractivity contribution in [1.82, 2.24) is 10.3 Å². The number of aromatic nitrogens is 1. The molecular weight excluding hydrogens is 300 g/mol. The van der Waals surface area contributed by atoms with Crippen molar-refractivity contribution in [1.29, 1.82) is 0 Å². The zero-order valence-electron chi connectivity index (χ0n) is 10.7. The van der Waals surface area contributed by atoms with Crippen LogP contribution in [0.15, 0.2) is 23.6 Å². The van der Waals surface area contributed by atoms with Crippen LogP contribution in [-0.4, -0.2) is 16.5 Å². The number of nitrogens with one attached hydrogen (secondary N) is 2. The van der Waals surface area contributed by atoms with Gasteiger partial charge in [0.2, 0.25) is 0 Å². The molecule has 0 aliphatic heterocycles. The van der Waals surface area contributed by atoms with Crippen LogP contribution in [0, 0.1) is 10.1 Å². The molecule has 106 valence electrons. The number of anilines is 2. The molecule has 0 aliphatic carbocycles. The predicted molar refractivity (Wildman–Crippen MR) is 80.9 cm³/mol. The van der Waals surface area contributed by atoms with Gasteiger partial charge in [-0.2, -0.15) is 0 Å². The third-order valence-corrected chi connectivity index (χ3v) is 3.55. The summed E-state index contributed by atoms with van der Waals surface area (Å²) >= 11 is 7.17. The minimum atomic E-state index is -0.471. The molecule has 1 aromatic heterocycles. The van der Waals surface area contributed by atoms with Gasteiger partial charge in [0.1, 0.15) is 5.69 Å². The largest absolute Gasteiger partial charge is 0.326 e. The number of thiazole rings is 1. The van der Waals surface area contributed by atoms with Crippen LogP contribution in [0.2, 0.25) is 5.02 Å². The monoisotopic (exact) mass is 312 g/mol. The highest BCUT2D eigenvalue weighted by Gasteiger charge is 2.15. The van der Waals surface area contributed by atoms with Gasteiger partial charge < -0.3 is 10.6 Å². The van der Waals surface area contributed by atoms with Crippen molar-refractivity contribution < 1.29 is 4.92 Å². The maximum atomic E-state index is 11.0. The lowest BCUT2D eigenvalue weighted by atomic mass is 10.3. The van der Waals surface area contributed by atoms with Gasteiger partial charge >= 0.3 is 0 Å². The maximum absolute atomic E-state index is 11.0. The summed E-state index contributed by atoms with van der Waals surface area (Å²) in [6.45, 7) is 3.56. The number of nitro groups is 1. The lowest BCUT2D eigenvalue weighted by Gasteiger charge is -2.04. The highest BCUT2D eigenvalue weighted by molar-refractivity contribution is 7.13. The van der Waals surface area contributed by atoms with Gasteiger partial charge in [0.25, 0.3) is 5.69 Å². The number of nitro benzene ring substituents is 1. The Kier molecular flexibility index (Phi) is 4.89. The number of hydrogen-bond donors (Lipinski definition) is 2. The van der Waals surface area contributed by atoms with Gasteiger partial charge in [-0.15, -0.1) is 11.3 Å². The highest BCUT2D eigenvalue weighted by Crippen LogP contribution is 2.31. The van der Waals surface area contributed by atoms with Crippen LogP contribution in [0.3, 0.4) is 0 Å². The molecule has 0 fully saturated rings. The molecule has 0 amide bonds. The molecule has 0 unspecified atom stereocenters. The van der Waals surface area contributed by atoms with Crippen LogP contribution in [0.5, 0.6) is 0 Å². The van der Waals surface area contributed by atoms with E-state index in [0.29, 0.717) is 22.4 Å². The van der Waals surface area contributed by atoms with E-state index in [2.05, 4.69) is 15.6 Å². The van der Waals surface area contributed by atoms with Crippen LogP contribution in [0.4, 0.5) is 16.5 Å². The number of rotatable bonds is 6. The van der Waals surface area contributed by atoms with Gasteiger partial charge in [0.15, 0.2) is 5.13 Å². The molecule has 1 heterocycles. The van der Waals surface area contributed by atoms with E-state index >= 15 is 0 Å². The van der Waals surface area contributed by atoms with Crippen LogP contribution in [0.1, 0.15) is 12.6 Å². The molecule has 2 rings (SSSR count). The minimum Gasteiger partial charge on any atom is -0.326 e. The Morgan fingerprint density at radius 2 is 2.30 bits per heavy atom. The first-order valence-electron chi connectivity index (χ1n) is 5.96. The van der Waals surface area contributed by atoms with E-state index in [9.17, 15) is 10.1 Å². The Balaban J connectivity index is 2.17. The lowest BCUT2D eigenvalue weighted by molar-refractivity contribution is -0.383. The van der Waals surface area contributed by atoms with Crippen LogP contribution in [-0.2, 0) is 6.54 Å². The summed E-state index contributed by atoms with van der Waals surface area (Å²) in [5, 5.41) is 20.0. The zero-order chi connectivity index (χ0) is 14.5. The van der Waals surface area contributed by atoms with E-state index < -0.39 is 4.92 Å². The fourth-order valence-corrected chi connectivity index (χ4v) is 2.46. The second-order valence-electron chi connectivity index (χ2n) is 3.97. The Morgan fingerprint density at radius 3 is 3.00 bits per heavy atom. The van der Waals surface area contributed by atoms with E-state index in [1.165, 1.54) is 17.4 Å². The maximum Gasteiger partial charge on any atom is 0.294 e. The molecule has 0 aliphatic rings. The van der Waals surface area contributed by atoms with Crippen molar-refractivity contribution in [2.45, 2.75) is 13.5 Å². The van der Waals surface area contributed by atoms with E-state index in [0.717, 1.165) is 12.2 Å². The van der Waals surface area contributed by atoms with Crippen molar-refractivity contribution in [3.8, 4) is 0 Å². The SMILES string of the molecule is CCNCc1csc(Nc2ccc(Cl)cc2[N+](=O)[O-])n1. The van der Waals surface area contributed by atoms with Gasteiger partial charge in [-0.3, -0.25) is 10.1 Å². The molecule has 1 aromatic carbocycles. The van der Waals surface area contributed by atoms with E-state index in [1.54, 1.807) is 12.1 Å². The molecule has 6 nitrogen and oxygen atoms in total. The molecule has 0 saturated heterocycles. The van der Waals surface area contributed by atoms with Crippen molar-refractivity contribution >= 4 is 39.4 Å². The van der Waals surface area contributed by atoms with Crippen LogP contribution in [0.25, 0.3) is 0 Å². The topological polar surface area (TPSA) is 80.1 Å². The molecule has 20 heavy (non-hydrogen) atoms. The van der Waals surface area contributed by atoms with Gasteiger partial charge in [0, 0.05) is 23.0 Å². The summed E-state index contributed by atoms with van der Waals surface area (Å²) in [6.07, 6.45) is 0. The molecule has 0 atom stereocenters. The second kappa shape index (κ2) is 6.65. The van der Waals surface area contributed by atoms with E-state index in [-0.39, 0.29) is 5.69 Å². The van der Waals surface area contributed by atoms with Gasteiger partial charge in [-0.25, -0.2) is 4.98 Å². The summed E-state index contributed by atoms with van der Waals surface area (Å²) < 4.78 is 0. The summed E-state index contributed by atoms with van der Waals surface area (Å²) in [6, 6.07) is 4.49. The first-order chi connectivity index (χ1) is 9.60. The smallest absolute Gasteiger partial charge is 0.294 e. The summed E-state index contributed by atoms with van der Waals surface area (Å²) in [4.78, 5) is 14.9. The van der Waals surface area contributed by atoms with Crippen LogP contribution >= 0.6 is 22.9 Å². The first kappa shape index (κ1) is 14.7. The Hall–Kier alpha value is -1.70. The summed E-state index contributed by atoms with van der Waals surface area (Å²) in [7, 11) is 0. The predicted octanol–water partition coefficient (Wildman–Crippen LogP) is 3.56. The van der Waals surface area contributed by atoms with Crippen molar-refractivity contribution in [2.24, 2.45) is 0 Å². The lowest BCUT2D eigenvalue weighted by Crippen LogP contribution is -2.11. The second-order valence-corrected chi connectivity index (χ2v) is 5.26. The Bertz CT molecular complexity index is 617. The standard InChI is InChI=1S/C12H13ClN4O2S/c1-2-14-6-9-7-20-12(15-9)16-10-4-3-8(13)5-11(10)17(18)19/h3-5,7,14H,2,6H2,1H3,(H,15,16). The molecule has 0 radical (unpaired) electrons. The number of nitrogens with zero attached hydrogens (tertiary/aromatic N) is 2. The van der Waals surface area contributed by atoms with Gasteiger partial charge in [-0.05, 0) is 18.7 Å². The van der Waals surface area contributed by atoms with Crippen molar-refractivity contribution in [3.63, 3.8) is 0 Å². The molecule has 2 N–H and O–H groups in total. The highest BCUT2D eigenvalue weighted by atomic mass is 35.5. The van der Waals surface area contributed by atoms with Crippen LogP contribution < -0.4 is 10.6 Å². The fourth-order valence-electron chi connectivity index (χ4n) is 1.58. The average Bonchev–Trinajstić information content (AvgIpc) is 2.86. The van der Waals surface area contributed by atoms with Crippen molar-refractivity contribution in [3.05, 3.63) is 44.4 Å². The summed E-state index contributed by atoms with van der Waals surface area (Å²) in [5.74, 6) is 0. The van der Waals surface area contributed by atoms with Gasteiger partial charge in [0.05, 0.1) is 10.6 Å². The molecule has 0 spiro atoms. The van der Waals surface area contributed by atoms with E-state index in [4.69, 9.17) is 11.6 Å². The molecule has 0 saturated carbocycles. The van der Waals surface area contributed by atoms with E-state index in [1.807, 2.05) is 12.3 Å². The molecule has 0 bridgehead atoms. The molecule has 8 heteroatoms. The zero-order valence-corrected chi connectivity index (χ0v) is 12.3. The Morgan fingerprint density at radius 1 is 1.50 bits per heavy atom. The minimum absolute atomic E-state index is 0.0686. The first-order valence-corrected chi connectivity index (χ1v) is 7.22. The fraction of sp³-hybridized carbons (Fsp3) is 0.250. The normalized spacial score (nSPS) is 10.5. The Labute approximate surface area is 124 Å². The van der Waals surface area contributed by atoms with Crippen molar-refractivity contribution in [2.75, 3.05) is 11.9 Å².